The Balaban J connectivity index is 2.22. The lowest BCUT2D eigenvalue weighted by atomic mass is 10.2. The summed E-state index contributed by atoms with van der Waals surface area (Å²) in [6.07, 6.45) is 0. The van der Waals surface area contributed by atoms with Crippen molar-refractivity contribution in [3.8, 4) is 0 Å². The van der Waals surface area contributed by atoms with Crippen molar-refractivity contribution >= 4 is 39.3 Å². The van der Waals surface area contributed by atoms with Crippen LogP contribution in [0.15, 0.2) is 16.2 Å². The molecule has 0 aliphatic rings. The van der Waals surface area contributed by atoms with Gasteiger partial charge in [-0.2, -0.15) is 0 Å². The third-order valence-corrected chi connectivity index (χ3v) is 4.67. The van der Waals surface area contributed by atoms with Crippen LogP contribution in [0.25, 0.3) is 10.2 Å². The number of carbonyl (C=O) groups is 1. The SMILES string of the molecule is CC(C)(SCc1nc2ccsc2c(=O)[nH]1)C(=O)O. The van der Waals surface area contributed by atoms with E-state index in [0.29, 0.717) is 21.8 Å². The van der Waals surface area contributed by atoms with E-state index in [1.54, 1.807) is 19.9 Å². The molecule has 0 spiro atoms. The van der Waals surface area contributed by atoms with Gasteiger partial charge < -0.3 is 10.1 Å². The van der Waals surface area contributed by atoms with Crippen molar-refractivity contribution in [2.45, 2.75) is 24.3 Å². The number of hydrogen-bond acceptors (Lipinski definition) is 5. The van der Waals surface area contributed by atoms with E-state index in [-0.39, 0.29) is 5.56 Å². The predicted molar refractivity (Wildman–Crippen MR) is 73.3 cm³/mol. The number of carboxylic acid groups (broad SMARTS) is 1. The fourth-order valence-electron chi connectivity index (χ4n) is 1.30. The van der Waals surface area contributed by atoms with Gasteiger partial charge in [-0.25, -0.2) is 4.98 Å². The first-order valence-corrected chi connectivity index (χ1v) is 7.10. The Morgan fingerprint density at radius 2 is 2.33 bits per heavy atom. The maximum Gasteiger partial charge on any atom is 0.319 e. The molecule has 0 saturated heterocycles. The van der Waals surface area contributed by atoms with Gasteiger partial charge in [-0.05, 0) is 25.3 Å². The van der Waals surface area contributed by atoms with Gasteiger partial charge in [0.1, 0.15) is 15.3 Å². The van der Waals surface area contributed by atoms with Crippen molar-refractivity contribution in [1.82, 2.24) is 9.97 Å². The van der Waals surface area contributed by atoms with E-state index in [0.717, 1.165) is 0 Å². The topological polar surface area (TPSA) is 83.0 Å². The highest BCUT2D eigenvalue weighted by Gasteiger charge is 2.27. The van der Waals surface area contributed by atoms with Crippen molar-refractivity contribution in [2.75, 3.05) is 0 Å². The molecule has 0 atom stereocenters. The molecule has 0 aliphatic heterocycles. The summed E-state index contributed by atoms with van der Waals surface area (Å²) in [5, 5.41) is 10.8. The minimum Gasteiger partial charge on any atom is -0.480 e. The van der Waals surface area contributed by atoms with Crippen LogP contribution >= 0.6 is 23.1 Å². The third kappa shape index (κ3) is 2.56. The number of rotatable bonds is 4. The van der Waals surface area contributed by atoms with Crippen LogP contribution in [0.3, 0.4) is 0 Å². The summed E-state index contributed by atoms with van der Waals surface area (Å²) >= 11 is 2.57. The molecule has 7 heteroatoms. The lowest BCUT2D eigenvalue weighted by Crippen LogP contribution is -2.27. The van der Waals surface area contributed by atoms with Gasteiger partial charge >= 0.3 is 5.97 Å². The van der Waals surface area contributed by atoms with Crippen molar-refractivity contribution in [3.05, 3.63) is 27.6 Å². The summed E-state index contributed by atoms with van der Waals surface area (Å²) < 4.78 is -0.302. The number of nitrogens with one attached hydrogen (secondary N) is 1. The maximum absolute atomic E-state index is 11.7. The second kappa shape index (κ2) is 4.74. The molecular formula is C11H12N2O3S2. The number of nitrogens with zero attached hydrogens (tertiary/aromatic N) is 1. The van der Waals surface area contributed by atoms with E-state index in [1.165, 1.54) is 23.1 Å². The molecule has 0 saturated carbocycles. The highest BCUT2D eigenvalue weighted by molar-refractivity contribution is 8.00. The number of thiophene rings is 1. The number of H-pyrrole nitrogens is 1. The molecule has 0 aliphatic carbocycles. The van der Waals surface area contributed by atoms with E-state index >= 15 is 0 Å². The Hall–Kier alpha value is -1.34. The van der Waals surface area contributed by atoms with Gasteiger partial charge in [0.25, 0.3) is 5.56 Å². The Labute approximate surface area is 111 Å². The molecule has 0 radical (unpaired) electrons. The summed E-state index contributed by atoms with van der Waals surface area (Å²) in [6.45, 7) is 3.25. The van der Waals surface area contributed by atoms with Crippen LogP contribution in [0.1, 0.15) is 19.7 Å². The molecule has 96 valence electrons. The van der Waals surface area contributed by atoms with E-state index in [9.17, 15) is 9.59 Å². The minimum atomic E-state index is -0.901. The number of aromatic amines is 1. The zero-order chi connectivity index (χ0) is 13.3. The highest BCUT2D eigenvalue weighted by atomic mass is 32.2. The fraction of sp³-hybridized carbons (Fsp3) is 0.364. The number of aliphatic carboxylic acids is 1. The number of thioether (sulfide) groups is 1. The molecule has 0 amide bonds. The lowest BCUT2D eigenvalue weighted by molar-refractivity contribution is -0.138. The van der Waals surface area contributed by atoms with E-state index in [2.05, 4.69) is 9.97 Å². The van der Waals surface area contributed by atoms with Gasteiger partial charge in [0, 0.05) is 0 Å². The zero-order valence-corrected chi connectivity index (χ0v) is 11.5. The molecule has 2 rings (SSSR count). The van der Waals surface area contributed by atoms with Crippen LogP contribution in [0.5, 0.6) is 0 Å². The predicted octanol–water partition coefficient (Wildman–Crippen LogP) is 2.08. The first-order valence-electron chi connectivity index (χ1n) is 5.24. The molecule has 0 aromatic carbocycles. The molecule has 2 heterocycles. The molecule has 0 bridgehead atoms. The summed E-state index contributed by atoms with van der Waals surface area (Å²) in [7, 11) is 0. The molecule has 2 aromatic rings. The van der Waals surface area contributed by atoms with E-state index < -0.39 is 10.7 Å². The van der Waals surface area contributed by atoms with Crippen LogP contribution < -0.4 is 5.56 Å². The van der Waals surface area contributed by atoms with Gasteiger partial charge in [0.15, 0.2) is 0 Å². The molecule has 2 aromatic heterocycles. The monoisotopic (exact) mass is 284 g/mol. The molecular weight excluding hydrogens is 272 g/mol. The maximum atomic E-state index is 11.7. The molecule has 0 fully saturated rings. The van der Waals surface area contributed by atoms with Crippen LogP contribution in [0.4, 0.5) is 0 Å². The van der Waals surface area contributed by atoms with Gasteiger partial charge in [0.2, 0.25) is 0 Å². The molecule has 2 N–H and O–H groups in total. The largest absolute Gasteiger partial charge is 0.480 e. The van der Waals surface area contributed by atoms with Gasteiger partial charge in [-0.1, -0.05) is 0 Å². The van der Waals surface area contributed by atoms with Crippen molar-refractivity contribution in [1.29, 1.82) is 0 Å². The van der Waals surface area contributed by atoms with Crippen LogP contribution in [-0.4, -0.2) is 25.8 Å². The number of fused-ring (bicyclic) bond motifs is 1. The Kier molecular flexibility index (Phi) is 3.45. The third-order valence-electron chi connectivity index (χ3n) is 2.45. The molecule has 0 unspecified atom stereocenters. The van der Waals surface area contributed by atoms with Crippen molar-refractivity contribution in [3.63, 3.8) is 0 Å². The average molecular weight is 284 g/mol. The minimum absolute atomic E-state index is 0.168. The fourth-order valence-corrected chi connectivity index (χ4v) is 2.78. The van der Waals surface area contributed by atoms with E-state index in [4.69, 9.17) is 5.11 Å². The molecule has 18 heavy (non-hydrogen) atoms. The average Bonchev–Trinajstić information content (AvgIpc) is 2.75. The van der Waals surface area contributed by atoms with Crippen LogP contribution in [0, 0.1) is 0 Å². The number of aromatic nitrogens is 2. The van der Waals surface area contributed by atoms with Crippen molar-refractivity contribution in [2.24, 2.45) is 0 Å². The van der Waals surface area contributed by atoms with Gasteiger partial charge in [0.05, 0.1) is 11.3 Å². The first kappa shape index (κ1) is 13.1. The Morgan fingerprint density at radius 3 is 3.00 bits per heavy atom. The lowest BCUT2D eigenvalue weighted by Gasteiger charge is -2.17. The molecule has 5 nitrogen and oxygen atoms in total. The highest BCUT2D eigenvalue weighted by Crippen LogP contribution is 2.27. The summed E-state index contributed by atoms with van der Waals surface area (Å²) in [5.41, 5.74) is 0.492. The van der Waals surface area contributed by atoms with E-state index in [1.807, 2.05) is 5.38 Å². The Morgan fingerprint density at radius 1 is 1.61 bits per heavy atom. The normalized spacial score (nSPS) is 11.9. The second-order valence-corrected chi connectivity index (χ2v) is 6.77. The second-order valence-electron chi connectivity index (χ2n) is 4.25. The summed E-state index contributed by atoms with van der Waals surface area (Å²) in [4.78, 5) is 29.7. The quantitative estimate of drug-likeness (QED) is 0.898. The standard InChI is InChI=1S/C11H12N2O3S2/c1-11(2,10(15)16)18-5-7-12-6-3-4-17-8(6)9(14)13-7/h3-4H,5H2,1-2H3,(H,15,16)(H,12,13,14). The smallest absolute Gasteiger partial charge is 0.319 e. The van der Waals surface area contributed by atoms with Gasteiger partial charge in [-0.3, -0.25) is 9.59 Å². The number of carboxylic acids is 1. The van der Waals surface area contributed by atoms with Crippen LogP contribution in [0.2, 0.25) is 0 Å². The summed E-state index contributed by atoms with van der Waals surface area (Å²) in [5.74, 6) is -0.0166. The Bertz CT molecular complexity index is 645. The van der Waals surface area contributed by atoms with Gasteiger partial charge in [-0.15, -0.1) is 23.1 Å². The zero-order valence-electron chi connectivity index (χ0n) is 9.89. The first-order chi connectivity index (χ1) is 8.40. The number of hydrogen-bond donors (Lipinski definition) is 2. The van der Waals surface area contributed by atoms with Crippen LogP contribution in [-0.2, 0) is 10.5 Å². The van der Waals surface area contributed by atoms with Crippen molar-refractivity contribution < 1.29 is 9.90 Å². The summed E-state index contributed by atoms with van der Waals surface area (Å²) in [6, 6.07) is 1.78.